The van der Waals surface area contributed by atoms with Crippen LogP contribution in [0.3, 0.4) is 0 Å². The fourth-order valence-corrected chi connectivity index (χ4v) is 3.58. The molecule has 2 N–H and O–H groups in total. The minimum atomic E-state index is -0.485. The zero-order chi connectivity index (χ0) is 14.2. The summed E-state index contributed by atoms with van der Waals surface area (Å²) in [7, 11) is 0. The first-order chi connectivity index (χ1) is 9.58. The predicted molar refractivity (Wildman–Crippen MR) is 80.3 cm³/mol. The maximum atomic E-state index is 11.9. The molecule has 0 spiro atoms. The van der Waals surface area contributed by atoms with Gasteiger partial charge in [-0.15, -0.1) is 11.3 Å². The SMILES string of the molecule is CC1(c2cc(CCc3ccc(Cl)s3)[nH]n2)CCNC1=O. The lowest BCUT2D eigenvalue weighted by Gasteiger charge is -2.16. The molecule has 0 saturated carbocycles. The molecular weight excluding hydrogens is 294 g/mol. The monoisotopic (exact) mass is 309 g/mol. The highest BCUT2D eigenvalue weighted by atomic mass is 35.5. The Bertz CT molecular complexity index is 636. The second-order valence-corrected chi connectivity index (χ2v) is 7.12. The Morgan fingerprint density at radius 2 is 2.30 bits per heavy atom. The van der Waals surface area contributed by atoms with Gasteiger partial charge in [-0.1, -0.05) is 11.6 Å². The van der Waals surface area contributed by atoms with E-state index in [1.54, 1.807) is 11.3 Å². The second kappa shape index (κ2) is 5.22. The molecule has 1 atom stereocenters. The van der Waals surface area contributed by atoms with Gasteiger partial charge in [0.25, 0.3) is 0 Å². The summed E-state index contributed by atoms with van der Waals surface area (Å²) in [5.41, 5.74) is 1.42. The number of thiophene rings is 1. The maximum absolute atomic E-state index is 11.9. The number of H-pyrrole nitrogens is 1. The van der Waals surface area contributed by atoms with Crippen molar-refractivity contribution in [3.05, 3.63) is 38.8 Å². The van der Waals surface area contributed by atoms with Gasteiger partial charge in [-0.2, -0.15) is 5.10 Å². The van der Waals surface area contributed by atoms with Gasteiger partial charge in [0.1, 0.15) is 0 Å². The first kappa shape index (κ1) is 13.6. The van der Waals surface area contributed by atoms with Gasteiger partial charge in [0, 0.05) is 17.1 Å². The summed E-state index contributed by atoms with van der Waals surface area (Å²) in [5, 5.41) is 10.2. The summed E-state index contributed by atoms with van der Waals surface area (Å²) < 4.78 is 0.820. The van der Waals surface area contributed by atoms with Gasteiger partial charge in [0.15, 0.2) is 0 Å². The standard InChI is InChI=1S/C14H16ClN3OS/c1-14(6-7-16-13(14)19)11-8-9(17-18-11)2-3-10-4-5-12(15)20-10/h4-5,8H,2-3,6-7H2,1H3,(H,16,19)(H,17,18). The van der Waals surface area contributed by atoms with Gasteiger partial charge in [0.05, 0.1) is 15.4 Å². The Hall–Kier alpha value is -1.33. The number of aryl methyl sites for hydroxylation is 2. The van der Waals surface area contributed by atoms with Gasteiger partial charge < -0.3 is 5.32 Å². The molecule has 106 valence electrons. The molecule has 1 aliphatic heterocycles. The van der Waals surface area contributed by atoms with Crippen molar-refractivity contribution in [1.29, 1.82) is 0 Å². The van der Waals surface area contributed by atoms with E-state index in [-0.39, 0.29) is 5.91 Å². The molecule has 1 fully saturated rings. The van der Waals surface area contributed by atoms with Crippen LogP contribution in [0.1, 0.15) is 29.6 Å². The predicted octanol–water partition coefficient (Wildman–Crippen LogP) is 2.69. The lowest BCUT2D eigenvalue weighted by Crippen LogP contribution is -2.32. The highest BCUT2D eigenvalue weighted by Gasteiger charge is 2.41. The number of aromatic amines is 1. The van der Waals surface area contributed by atoms with E-state index in [0.717, 1.165) is 41.5 Å². The Labute approximate surface area is 126 Å². The normalized spacial score (nSPS) is 22.2. The lowest BCUT2D eigenvalue weighted by atomic mass is 9.85. The molecule has 3 heterocycles. The van der Waals surface area contributed by atoms with Crippen LogP contribution in [0.25, 0.3) is 0 Å². The second-order valence-electron chi connectivity index (χ2n) is 5.32. The number of rotatable bonds is 4. The van der Waals surface area contributed by atoms with Crippen LogP contribution in [0.15, 0.2) is 18.2 Å². The van der Waals surface area contributed by atoms with Crippen LogP contribution in [0, 0.1) is 0 Å². The number of nitrogens with zero attached hydrogens (tertiary/aromatic N) is 1. The van der Waals surface area contributed by atoms with Crippen molar-refractivity contribution in [3.8, 4) is 0 Å². The van der Waals surface area contributed by atoms with E-state index in [1.807, 2.05) is 19.1 Å². The number of hydrogen-bond acceptors (Lipinski definition) is 3. The van der Waals surface area contributed by atoms with E-state index in [9.17, 15) is 4.79 Å². The molecule has 2 aromatic heterocycles. The first-order valence-corrected chi connectivity index (χ1v) is 7.85. The van der Waals surface area contributed by atoms with Crippen LogP contribution >= 0.6 is 22.9 Å². The van der Waals surface area contributed by atoms with Crippen LogP contribution in [0.4, 0.5) is 0 Å². The Morgan fingerprint density at radius 1 is 1.45 bits per heavy atom. The van der Waals surface area contributed by atoms with Gasteiger partial charge >= 0.3 is 0 Å². The van der Waals surface area contributed by atoms with E-state index >= 15 is 0 Å². The summed E-state index contributed by atoms with van der Waals surface area (Å²) in [6.07, 6.45) is 2.61. The molecule has 1 amide bonds. The average Bonchev–Trinajstić information content (AvgIpc) is 3.10. The molecule has 1 unspecified atom stereocenters. The number of halogens is 1. The maximum Gasteiger partial charge on any atom is 0.232 e. The summed E-state index contributed by atoms with van der Waals surface area (Å²) in [5.74, 6) is 0.0700. The van der Waals surface area contributed by atoms with E-state index in [1.165, 1.54) is 4.88 Å². The highest BCUT2D eigenvalue weighted by molar-refractivity contribution is 7.16. The summed E-state index contributed by atoms with van der Waals surface area (Å²) in [6, 6.07) is 5.99. The van der Waals surface area contributed by atoms with Gasteiger partial charge in [0.2, 0.25) is 5.91 Å². The van der Waals surface area contributed by atoms with Crippen molar-refractivity contribution in [3.63, 3.8) is 0 Å². The number of carbonyl (C=O) groups excluding carboxylic acids is 1. The minimum absolute atomic E-state index is 0.0700. The fraction of sp³-hybridized carbons (Fsp3) is 0.429. The van der Waals surface area contributed by atoms with Crippen LogP contribution in [0.5, 0.6) is 0 Å². The van der Waals surface area contributed by atoms with Crippen molar-refractivity contribution in [1.82, 2.24) is 15.5 Å². The number of carbonyl (C=O) groups is 1. The molecular formula is C14H16ClN3OS. The third kappa shape index (κ3) is 2.47. The number of nitrogens with one attached hydrogen (secondary N) is 2. The van der Waals surface area contributed by atoms with E-state index in [4.69, 9.17) is 11.6 Å². The number of hydrogen-bond donors (Lipinski definition) is 2. The van der Waals surface area contributed by atoms with Crippen LogP contribution in [-0.4, -0.2) is 22.6 Å². The quantitative estimate of drug-likeness (QED) is 0.912. The van der Waals surface area contributed by atoms with Crippen LogP contribution in [0.2, 0.25) is 4.34 Å². The third-order valence-electron chi connectivity index (χ3n) is 3.88. The lowest BCUT2D eigenvalue weighted by molar-refractivity contribution is -0.123. The highest BCUT2D eigenvalue weighted by Crippen LogP contribution is 2.30. The Balaban J connectivity index is 1.69. The molecule has 4 nitrogen and oxygen atoms in total. The van der Waals surface area contributed by atoms with E-state index in [0.29, 0.717) is 0 Å². The van der Waals surface area contributed by atoms with Gasteiger partial charge in [-0.25, -0.2) is 0 Å². The summed E-state index contributed by atoms with van der Waals surface area (Å²) >= 11 is 7.53. The zero-order valence-corrected chi connectivity index (χ0v) is 12.8. The van der Waals surface area contributed by atoms with Crippen molar-refractivity contribution < 1.29 is 4.79 Å². The van der Waals surface area contributed by atoms with E-state index < -0.39 is 5.41 Å². The molecule has 3 rings (SSSR count). The average molecular weight is 310 g/mol. The van der Waals surface area contributed by atoms with Gasteiger partial charge in [-0.05, 0) is 44.4 Å². The number of aromatic nitrogens is 2. The molecule has 20 heavy (non-hydrogen) atoms. The largest absolute Gasteiger partial charge is 0.355 e. The molecule has 1 saturated heterocycles. The first-order valence-electron chi connectivity index (χ1n) is 6.65. The van der Waals surface area contributed by atoms with Crippen molar-refractivity contribution in [2.45, 2.75) is 31.6 Å². The molecule has 2 aromatic rings. The smallest absolute Gasteiger partial charge is 0.232 e. The molecule has 0 aliphatic carbocycles. The minimum Gasteiger partial charge on any atom is -0.355 e. The summed E-state index contributed by atoms with van der Waals surface area (Å²) in [4.78, 5) is 13.2. The third-order valence-corrected chi connectivity index (χ3v) is 5.17. The van der Waals surface area contributed by atoms with Crippen molar-refractivity contribution >= 4 is 28.8 Å². The van der Waals surface area contributed by atoms with Crippen molar-refractivity contribution in [2.24, 2.45) is 0 Å². The van der Waals surface area contributed by atoms with Crippen LogP contribution in [-0.2, 0) is 23.1 Å². The molecule has 0 radical (unpaired) electrons. The topological polar surface area (TPSA) is 57.8 Å². The zero-order valence-electron chi connectivity index (χ0n) is 11.2. The van der Waals surface area contributed by atoms with E-state index in [2.05, 4.69) is 21.6 Å². The Morgan fingerprint density at radius 3 is 2.95 bits per heavy atom. The molecule has 1 aliphatic rings. The number of amides is 1. The summed E-state index contributed by atoms with van der Waals surface area (Å²) in [6.45, 7) is 2.68. The van der Waals surface area contributed by atoms with Gasteiger partial charge in [-0.3, -0.25) is 9.89 Å². The molecule has 0 bridgehead atoms. The Kier molecular flexibility index (Phi) is 3.56. The molecule has 0 aromatic carbocycles. The molecule has 6 heteroatoms. The van der Waals surface area contributed by atoms with Crippen LogP contribution < -0.4 is 5.32 Å². The van der Waals surface area contributed by atoms with Crippen molar-refractivity contribution in [2.75, 3.05) is 6.54 Å². The fourth-order valence-electron chi connectivity index (χ4n) is 2.50.